The standard InChI is InChI=1S/C14H15NO3S3/c16-14(9-15-21(17,18)13-6-3-7-20-13)10-19-8-11-4-1-2-5-12(11)14/h1-7,15-16H,8-10H2. The minimum absolute atomic E-state index is 0.0166. The van der Waals surface area contributed by atoms with E-state index in [0.717, 1.165) is 28.2 Å². The lowest BCUT2D eigenvalue weighted by Gasteiger charge is -2.34. The molecule has 0 spiro atoms. The molecule has 1 aliphatic rings. The molecule has 0 radical (unpaired) electrons. The molecule has 4 nitrogen and oxygen atoms in total. The predicted octanol–water partition coefficient (Wildman–Crippen LogP) is 2.16. The van der Waals surface area contributed by atoms with Crippen molar-refractivity contribution in [2.45, 2.75) is 15.6 Å². The van der Waals surface area contributed by atoms with E-state index in [9.17, 15) is 13.5 Å². The summed E-state index contributed by atoms with van der Waals surface area (Å²) in [6.07, 6.45) is 0. The van der Waals surface area contributed by atoms with E-state index in [-0.39, 0.29) is 10.8 Å². The number of hydrogen-bond acceptors (Lipinski definition) is 5. The smallest absolute Gasteiger partial charge is 0.250 e. The van der Waals surface area contributed by atoms with E-state index in [2.05, 4.69) is 4.72 Å². The molecule has 2 aromatic rings. The second-order valence-corrected chi connectivity index (χ2v) is 8.87. The number of thioether (sulfide) groups is 1. The quantitative estimate of drug-likeness (QED) is 0.894. The number of fused-ring (bicyclic) bond motifs is 1. The first-order valence-corrected chi connectivity index (χ1v) is 9.95. The lowest BCUT2D eigenvalue weighted by molar-refractivity contribution is 0.0659. The summed E-state index contributed by atoms with van der Waals surface area (Å²) < 4.78 is 27.1. The van der Waals surface area contributed by atoms with Crippen molar-refractivity contribution in [1.82, 2.24) is 4.72 Å². The molecule has 112 valence electrons. The number of nitrogens with one attached hydrogen (secondary N) is 1. The summed E-state index contributed by atoms with van der Waals surface area (Å²) in [5.41, 5.74) is 0.716. The van der Waals surface area contributed by atoms with E-state index in [1.54, 1.807) is 29.3 Å². The molecular weight excluding hydrogens is 326 g/mol. The van der Waals surface area contributed by atoms with Crippen LogP contribution < -0.4 is 4.72 Å². The zero-order valence-electron chi connectivity index (χ0n) is 11.2. The van der Waals surface area contributed by atoms with E-state index >= 15 is 0 Å². The van der Waals surface area contributed by atoms with Gasteiger partial charge in [-0.2, -0.15) is 11.8 Å². The van der Waals surface area contributed by atoms with E-state index in [4.69, 9.17) is 0 Å². The van der Waals surface area contributed by atoms with Gasteiger partial charge in [0.05, 0.1) is 0 Å². The highest BCUT2D eigenvalue weighted by Crippen LogP contribution is 2.36. The van der Waals surface area contributed by atoms with Crippen LogP contribution in [-0.4, -0.2) is 25.8 Å². The monoisotopic (exact) mass is 341 g/mol. The minimum Gasteiger partial charge on any atom is -0.383 e. The van der Waals surface area contributed by atoms with Crippen LogP contribution in [0.3, 0.4) is 0 Å². The fourth-order valence-corrected chi connectivity index (χ4v) is 5.65. The third-order valence-corrected chi connectivity index (χ3v) is 7.43. The SMILES string of the molecule is O=S(=O)(NCC1(O)CSCc2ccccc21)c1cccs1. The van der Waals surface area contributed by atoms with Crippen LogP contribution in [0.5, 0.6) is 0 Å². The molecule has 0 saturated carbocycles. The molecule has 0 bridgehead atoms. The van der Waals surface area contributed by atoms with Crippen LogP contribution in [0.4, 0.5) is 0 Å². The summed E-state index contributed by atoms with van der Waals surface area (Å²) in [4.78, 5) is 0. The first-order valence-electron chi connectivity index (χ1n) is 6.43. The number of thiophene rings is 1. The van der Waals surface area contributed by atoms with Crippen molar-refractivity contribution in [3.63, 3.8) is 0 Å². The Balaban J connectivity index is 1.83. The van der Waals surface area contributed by atoms with Gasteiger partial charge in [-0.15, -0.1) is 11.3 Å². The molecule has 7 heteroatoms. The molecule has 0 saturated heterocycles. The topological polar surface area (TPSA) is 66.4 Å². The first-order chi connectivity index (χ1) is 10.0. The maximum Gasteiger partial charge on any atom is 0.250 e. The molecule has 2 N–H and O–H groups in total. The van der Waals surface area contributed by atoms with Crippen molar-refractivity contribution >= 4 is 33.1 Å². The maximum absolute atomic E-state index is 12.2. The van der Waals surface area contributed by atoms with Crippen LogP contribution in [0, 0.1) is 0 Å². The highest BCUT2D eigenvalue weighted by molar-refractivity contribution is 7.98. The van der Waals surface area contributed by atoms with Crippen LogP contribution >= 0.6 is 23.1 Å². The largest absolute Gasteiger partial charge is 0.383 e. The molecule has 0 aliphatic carbocycles. The average Bonchev–Trinajstić information content (AvgIpc) is 3.01. The Morgan fingerprint density at radius 2 is 2.05 bits per heavy atom. The van der Waals surface area contributed by atoms with Gasteiger partial charge in [0.15, 0.2) is 0 Å². The Labute approximate surface area is 132 Å². The van der Waals surface area contributed by atoms with E-state index < -0.39 is 15.6 Å². The van der Waals surface area contributed by atoms with Crippen LogP contribution in [0.1, 0.15) is 11.1 Å². The Hall–Kier alpha value is -0.860. The number of aliphatic hydroxyl groups is 1. The van der Waals surface area contributed by atoms with Gasteiger partial charge >= 0.3 is 0 Å². The van der Waals surface area contributed by atoms with Gasteiger partial charge in [0.1, 0.15) is 9.81 Å². The molecule has 2 heterocycles. The average molecular weight is 341 g/mol. The molecule has 1 unspecified atom stereocenters. The minimum atomic E-state index is -3.56. The van der Waals surface area contributed by atoms with Gasteiger partial charge < -0.3 is 5.11 Å². The number of sulfonamides is 1. The molecule has 1 atom stereocenters. The Kier molecular flexibility index (Phi) is 4.11. The van der Waals surface area contributed by atoms with Crippen LogP contribution in [0.15, 0.2) is 46.0 Å². The number of benzene rings is 1. The molecule has 1 aromatic carbocycles. The lowest BCUT2D eigenvalue weighted by atomic mass is 9.91. The van der Waals surface area contributed by atoms with E-state index in [1.807, 2.05) is 24.3 Å². The van der Waals surface area contributed by atoms with Crippen LogP contribution in [-0.2, 0) is 21.4 Å². The summed E-state index contributed by atoms with van der Waals surface area (Å²) in [6, 6.07) is 10.9. The van der Waals surface area contributed by atoms with Crippen LogP contribution in [0.2, 0.25) is 0 Å². The summed E-state index contributed by atoms with van der Waals surface area (Å²) in [7, 11) is -3.56. The molecule has 21 heavy (non-hydrogen) atoms. The Bertz CT molecular complexity index is 728. The van der Waals surface area contributed by atoms with Crippen molar-refractivity contribution in [3.8, 4) is 0 Å². The molecular formula is C14H15NO3S3. The van der Waals surface area contributed by atoms with Gasteiger partial charge in [-0.3, -0.25) is 0 Å². The van der Waals surface area contributed by atoms with Gasteiger partial charge in [0.25, 0.3) is 0 Å². The molecule has 0 amide bonds. The predicted molar refractivity (Wildman–Crippen MR) is 86.0 cm³/mol. The van der Waals surface area contributed by atoms with Crippen molar-refractivity contribution in [3.05, 3.63) is 52.9 Å². The maximum atomic E-state index is 12.2. The van der Waals surface area contributed by atoms with Crippen molar-refractivity contribution in [1.29, 1.82) is 0 Å². The zero-order chi connectivity index (χ0) is 14.9. The normalized spacial score (nSPS) is 22.0. The Morgan fingerprint density at radius 1 is 1.24 bits per heavy atom. The second kappa shape index (κ2) is 5.73. The van der Waals surface area contributed by atoms with Crippen molar-refractivity contribution < 1.29 is 13.5 Å². The fourth-order valence-electron chi connectivity index (χ4n) is 2.36. The molecule has 1 aromatic heterocycles. The highest BCUT2D eigenvalue weighted by atomic mass is 32.2. The van der Waals surface area contributed by atoms with Gasteiger partial charge in [0, 0.05) is 18.1 Å². The van der Waals surface area contributed by atoms with Gasteiger partial charge in [-0.25, -0.2) is 13.1 Å². The Morgan fingerprint density at radius 3 is 2.81 bits per heavy atom. The van der Waals surface area contributed by atoms with Crippen LogP contribution in [0.25, 0.3) is 0 Å². The summed E-state index contributed by atoms with van der Waals surface area (Å²) >= 11 is 2.77. The number of hydrogen-bond donors (Lipinski definition) is 2. The van der Waals surface area contributed by atoms with E-state index in [0.29, 0.717) is 5.75 Å². The summed E-state index contributed by atoms with van der Waals surface area (Å²) in [6.45, 7) is -0.0166. The fraction of sp³-hybridized carbons (Fsp3) is 0.286. The first kappa shape index (κ1) is 15.1. The van der Waals surface area contributed by atoms with Gasteiger partial charge in [-0.1, -0.05) is 30.3 Å². The number of rotatable bonds is 4. The zero-order valence-corrected chi connectivity index (χ0v) is 13.6. The molecule has 3 rings (SSSR count). The van der Waals surface area contributed by atoms with E-state index in [1.165, 1.54) is 0 Å². The van der Waals surface area contributed by atoms with Crippen molar-refractivity contribution in [2.24, 2.45) is 0 Å². The van der Waals surface area contributed by atoms with Gasteiger partial charge in [0.2, 0.25) is 10.0 Å². The van der Waals surface area contributed by atoms with Crippen molar-refractivity contribution in [2.75, 3.05) is 12.3 Å². The molecule has 1 aliphatic heterocycles. The third kappa shape index (κ3) is 3.02. The lowest BCUT2D eigenvalue weighted by Crippen LogP contribution is -2.44. The van der Waals surface area contributed by atoms with Gasteiger partial charge in [-0.05, 0) is 22.6 Å². The summed E-state index contributed by atoms with van der Waals surface area (Å²) in [5, 5.41) is 12.6. The summed E-state index contributed by atoms with van der Waals surface area (Å²) in [5.74, 6) is 1.33. The molecule has 0 fully saturated rings. The third-order valence-electron chi connectivity index (χ3n) is 3.43. The second-order valence-electron chi connectivity index (χ2n) is 4.94. The highest BCUT2D eigenvalue weighted by Gasteiger charge is 2.35.